The molecule has 0 saturated carbocycles. The molecule has 0 spiro atoms. The highest BCUT2D eigenvalue weighted by Gasteiger charge is 2.33. The maximum Gasteiger partial charge on any atom is -0.000674 e. The Morgan fingerprint density at radius 1 is 0.190 bits per heavy atom. The zero-order valence-electron chi connectivity index (χ0n) is 31.8. The number of hydrogen-bond acceptors (Lipinski definition) is 0. The third-order valence-corrected chi connectivity index (χ3v) is 12.3. The monoisotopic (exact) mass is 732 g/mol. The van der Waals surface area contributed by atoms with Gasteiger partial charge in [0.2, 0.25) is 0 Å². The van der Waals surface area contributed by atoms with Gasteiger partial charge in [-0.1, -0.05) is 188 Å². The molecule has 11 aromatic carbocycles. The van der Waals surface area contributed by atoms with Crippen LogP contribution in [0.15, 0.2) is 218 Å². The summed E-state index contributed by atoms with van der Waals surface area (Å²) >= 11 is 0. The first-order chi connectivity index (χ1) is 28.8. The molecule has 11 aromatic rings. The first kappa shape index (κ1) is 32.7. The van der Waals surface area contributed by atoms with Crippen molar-refractivity contribution in [3.8, 4) is 77.9 Å². The van der Waals surface area contributed by atoms with Crippen molar-refractivity contribution in [2.75, 3.05) is 0 Å². The SMILES string of the molecule is c1ccc(-c2cc(-c3ccccc3)c(-c3c4c(c(-c5ccccc5)c5cc6ccccc6cc35)-c3cccc5c3c-4cc3ccccc35)c(-c3ccccc3)c2)cc1. The van der Waals surface area contributed by atoms with Crippen molar-refractivity contribution < 1.29 is 0 Å². The lowest BCUT2D eigenvalue weighted by molar-refractivity contribution is 1.55. The van der Waals surface area contributed by atoms with Crippen LogP contribution in [0.1, 0.15) is 0 Å². The topological polar surface area (TPSA) is 0 Å². The van der Waals surface area contributed by atoms with Gasteiger partial charge in [0.1, 0.15) is 0 Å². The molecule has 0 N–H and O–H groups in total. The van der Waals surface area contributed by atoms with Gasteiger partial charge in [-0.25, -0.2) is 0 Å². The molecular formula is C58H36. The van der Waals surface area contributed by atoms with Gasteiger partial charge in [-0.15, -0.1) is 0 Å². The van der Waals surface area contributed by atoms with Gasteiger partial charge in [-0.05, 0) is 151 Å². The van der Waals surface area contributed by atoms with E-state index in [1.807, 2.05) is 0 Å². The average Bonchev–Trinajstić information content (AvgIpc) is 3.62. The zero-order chi connectivity index (χ0) is 38.2. The van der Waals surface area contributed by atoms with E-state index in [1.54, 1.807) is 0 Å². The summed E-state index contributed by atoms with van der Waals surface area (Å²) in [6.07, 6.45) is 0. The molecule has 268 valence electrons. The molecule has 0 radical (unpaired) electrons. The van der Waals surface area contributed by atoms with Crippen LogP contribution in [0.5, 0.6) is 0 Å². The first-order valence-corrected chi connectivity index (χ1v) is 20.2. The molecule has 0 aromatic heterocycles. The van der Waals surface area contributed by atoms with Crippen molar-refractivity contribution in [3.05, 3.63) is 218 Å². The molecule has 0 fully saturated rings. The Bertz CT molecular complexity index is 3340. The fourth-order valence-electron chi connectivity index (χ4n) is 9.84. The van der Waals surface area contributed by atoms with Crippen LogP contribution in [0.2, 0.25) is 0 Å². The predicted molar refractivity (Wildman–Crippen MR) is 248 cm³/mol. The van der Waals surface area contributed by atoms with Crippen LogP contribution in [0, 0.1) is 0 Å². The minimum absolute atomic E-state index is 1.20. The van der Waals surface area contributed by atoms with Crippen molar-refractivity contribution in [2.45, 2.75) is 0 Å². The van der Waals surface area contributed by atoms with E-state index >= 15 is 0 Å². The normalized spacial score (nSPS) is 11.8. The van der Waals surface area contributed by atoms with Crippen LogP contribution in [0.4, 0.5) is 0 Å². The number of hydrogen-bond donors (Lipinski definition) is 0. The summed E-state index contributed by atoms with van der Waals surface area (Å²) in [5.74, 6) is 0. The van der Waals surface area contributed by atoms with E-state index in [4.69, 9.17) is 0 Å². The Kier molecular flexibility index (Phi) is 7.33. The van der Waals surface area contributed by atoms with Gasteiger partial charge in [-0.2, -0.15) is 0 Å². The summed E-state index contributed by atoms with van der Waals surface area (Å²) < 4.78 is 0. The minimum atomic E-state index is 1.20. The molecule has 0 saturated heterocycles. The van der Waals surface area contributed by atoms with Crippen molar-refractivity contribution in [1.29, 1.82) is 0 Å². The van der Waals surface area contributed by atoms with E-state index in [1.165, 1.54) is 121 Å². The van der Waals surface area contributed by atoms with Gasteiger partial charge in [-0.3, -0.25) is 0 Å². The van der Waals surface area contributed by atoms with E-state index in [2.05, 4.69) is 218 Å². The highest BCUT2D eigenvalue weighted by molar-refractivity contribution is 6.32. The fourth-order valence-corrected chi connectivity index (χ4v) is 9.84. The lowest BCUT2D eigenvalue weighted by atomic mass is 9.77. The smallest absolute Gasteiger partial charge is 0.000674 e. The Hall–Kier alpha value is -7.54. The lowest BCUT2D eigenvalue weighted by Crippen LogP contribution is -1.98. The number of rotatable bonds is 5. The minimum Gasteiger partial charge on any atom is -0.0622 e. The van der Waals surface area contributed by atoms with Gasteiger partial charge in [0.05, 0.1) is 0 Å². The Balaban J connectivity index is 1.36. The third-order valence-electron chi connectivity index (χ3n) is 12.3. The molecule has 0 unspecified atom stereocenters. The van der Waals surface area contributed by atoms with Gasteiger partial charge in [0.25, 0.3) is 0 Å². The standard InChI is InChI=1S/C58H36/c1-5-18-37(19-6-1)44-35-48(38-20-7-2-8-21-38)55(49(36-44)39-22-9-3-10-23-39)57-51-33-42-27-14-13-26-41(42)32-50(51)53(40-24-11-4-12-25-40)56-47-31-17-30-46-45-29-16-15-28-43(45)34-52(54(46)47)58(56)57/h1-36H. The molecule has 0 aliphatic heterocycles. The summed E-state index contributed by atoms with van der Waals surface area (Å²) in [7, 11) is 0. The van der Waals surface area contributed by atoms with Gasteiger partial charge in [0.15, 0.2) is 0 Å². The van der Waals surface area contributed by atoms with E-state index < -0.39 is 0 Å². The highest BCUT2D eigenvalue weighted by Crippen LogP contribution is 2.61. The molecule has 0 bridgehead atoms. The molecule has 0 heterocycles. The molecule has 0 amide bonds. The summed E-state index contributed by atoms with van der Waals surface area (Å²) in [6, 6.07) is 81.0. The lowest BCUT2D eigenvalue weighted by Gasteiger charge is -2.25. The number of fused-ring (bicyclic) bond motifs is 7. The predicted octanol–water partition coefficient (Wildman–Crippen LogP) is 16.3. The molecule has 0 atom stereocenters. The maximum atomic E-state index is 2.47. The van der Waals surface area contributed by atoms with E-state index in [9.17, 15) is 0 Å². The van der Waals surface area contributed by atoms with Crippen LogP contribution in [-0.2, 0) is 0 Å². The molecule has 0 heteroatoms. The second kappa shape index (κ2) is 13.0. The van der Waals surface area contributed by atoms with E-state index in [0.717, 1.165) is 0 Å². The molecule has 0 nitrogen and oxygen atoms in total. The van der Waals surface area contributed by atoms with Crippen molar-refractivity contribution in [3.63, 3.8) is 0 Å². The van der Waals surface area contributed by atoms with Crippen molar-refractivity contribution >= 4 is 43.1 Å². The zero-order valence-corrected chi connectivity index (χ0v) is 31.8. The van der Waals surface area contributed by atoms with Gasteiger partial charge in [0, 0.05) is 0 Å². The maximum absolute atomic E-state index is 2.47. The van der Waals surface area contributed by atoms with Gasteiger partial charge >= 0.3 is 0 Å². The van der Waals surface area contributed by atoms with Crippen molar-refractivity contribution in [1.82, 2.24) is 0 Å². The average molecular weight is 733 g/mol. The first-order valence-electron chi connectivity index (χ1n) is 20.2. The largest absolute Gasteiger partial charge is 0.0622 e. The Morgan fingerprint density at radius 2 is 0.655 bits per heavy atom. The van der Waals surface area contributed by atoms with Crippen LogP contribution >= 0.6 is 0 Å². The third kappa shape index (κ3) is 4.95. The van der Waals surface area contributed by atoms with Crippen LogP contribution in [0.3, 0.4) is 0 Å². The Labute approximate surface area is 337 Å². The van der Waals surface area contributed by atoms with Crippen LogP contribution in [0.25, 0.3) is 121 Å². The Morgan fingerprint density at radius 3 is 1.26 bits per heavy atom. The van der Waals surface area contributed by atoms with Crippen molar-refractivity contribution in [2.24, 2.45) is 0 Å². The quantitative estimate of drug-likeness (QED) is 0.122. The molecular weight excluding hydrogens is 697 g/mol. The summed E-state index contributed by atoms with van der Waals surface area (Å²) in [4.78, 5) is 0. The van der Waals surface area contributed by atoms with Crippen LogP contribution in [-0.4, -0.2) is 0 Å². The highest BCUT2D eigenvalue weighted by atomic mass is 14.4. The summed E-state index contributed by atoms with van der Waals surface area (Å²) in [5.41, 5.74) is 17.5. The second-order valence-electron chi connectivity index (χ2n) is 15.5. The van der Waals surface area contributed by atoms with E-state index in [-0.39, 0.29) is 0 Å². The molecule has 1 aliphatic rings. The number of benzene rings is 11. The molecule has 12 rings (SSSR count). The van der Waals surface area contributed by atoms with Crippen LogP contribution < -0.4 is 0 Å². The fraction of sp³-hybridized carbons (Fsp3) is 0. The second-order valence-corrected chi connectivity index (χ2v) is 15.5. The van der Waals surface area contributed by atoms with E-state index in [0.29, 0.717) is 0 Å². The van der Waals surface area contributed by atoms with Gasteiger partial charge < -0.3 is 0 Å². The molecule has 1 aliphatic carbocycles. The molecule has 58 heavy (non-hydrogen) atoms. The summed E-state index contributed by atoms with van der Waals surface area (Å²) in [6.45, 7) is 0. The summed E-state index contributed by atoms with van der Waals surface area (Å²) in [5, 5.41) is 10.2.